The standard InChI is InChI=1S/C18H14Cl2N2O2S/c1-10-3-5-12(19)9-14(10)21-18-22-17(23)16(25-18)8-11-4-6-15(24-2)13(20)7-11/h3-9H,1-2H3,(H,21,22,23)/b16-8+. The lowest BCUT2D eigenvalue weighted by atomic mass is 10.2. The quantitative estimate of drug-likeness (QED) is 0.729. The Morgan fingerprint density at radius 1 is 1.20 bits per heavy atom. The van der Waals surface area contributed by atoms with Gasteiger partial charge in [0.1, 0.15) is 5.75 Å². The molecule has 4 nitrogen and oxygen atoms in total. The van der Waals surface area contributed by atoms with Crippen LogP contribution >= 0.6 is 35.0 Å². The van der Waals surface area contributed by atoms with Crippen molar-refractivity contribution >= 4 is 57.8 Å². The number of halogens is 2. The fraction of sp³-hybridized carbons (Fsp3) is 0.111. The zero-order chi connectivity index (χ0) is 18.0. The number of ether oxygens (including phenoxy) is 1. The summed E-state index contributed by atoms with van der Waals surface area (Å²) in [4.78, 5) is 17.2. The Morgan fingerprint density at radius 2 is 2.00 bits per heavy atom. The highest BCUT2D eigenvalue weighted by molar-refractivity contribution is 8.18. The number of hydrogen-bond acceptors (Lipinski definition) is 4. The average Bonchev–Trinajstić information content (AvgIpc) is 2.90. The molecule has 1 saturated heterocycles. The first-order valence-corrected chi connectivity index (χ1v) is 8.93. The molecule has 128 valence electrons. The van der Waals surface area contributed by atoms with Crippen molar-refractivity contribution in [1.82, 2.24) is 5.32 Å². The SMILES string of the molecule is COc1ccc(/C=C2/SC(=Nc3cc(Cl)ccc3C)NC2=O)cc1Cl. The molecule has 2 aromatic rings. The molecule has 0 bridgehead atoms. The number of carbonyl (C=O) groups is 1. The van der Waals surface area contributed by atoms with Gasteiger partial charge in [-0.1, -0.05) is 35.3 Å². The van der Waals surface area contributed by atoms with Gasteiger partial charge in [-0.3, -0.25) is 4.79 Å². The van der Waals surface area contributed by atoms with Gasteiger partial charge in [-0.25, -0.2) is 4.99 Å². The Labute approximate surface area is 159 Å². The van der Waals surface area contributed by atoms with Gasteiger partial charge < -0.3 is 10.1 Å². The second-order valence-electron chi connectivity index (χ2n) is 5.31. The van der Waals surface area contributed by atoms with Crippen molar-refractivity contribution in [3.05, 3.63) is 62.5 Å². The zero-order valence-electron chi connectivity index (χ0n) is 13.5. The van der Waals surface area contributed by atoms with Gasteiger partial charge in [0, 0.05) is 5.02 Å². The van der Waals surface area contributed by atoms with Gasteiger partial charge >= 0.3 is 0 Å². The molecule has 0 aromatic heterocycles. The van der Waals surface area contributed by atoms with E-state index >= 15 is 0 Å². The predicted molar refractivity (Wildman–Crippen MR) is 105 cm³/mol. The van der Waals surface area contributed by atoms with E-state index in [1.54, 1.807) is 37.5 Å². The summed E-state index contributed by atoms with van der Waals surface area (Å²) in [5.74, 6) is 0.390. The highest BCUT2D eigenvalue weighted by atomic mass is 35.5. The first kappa shape index (κ1) is 17.9. The topological polar surface area (TPSA) is 50.7 Å². The molecule has 2 aromatic carbocycles. The molecule has 0 saturated carbocycles. The fourth-order valence-corrected chi connectivity index (χ4v) is 3.48. The van der Waals surface area contributed by atoms with Crippen LogP contribution in [0.1, 0.15) is 11.1 Å². The molecule has 7 heteroatoms. The van der Waals surface area contributed by atoms with E-state index < -0.39 is 0 Å². The number of carbonyl (C=O) groups excluding carboxylic acids is 1. The van der Waals surface area contributed by atoms with E-state index in [9.17, 15) is 4.79 Å². The highest BCUT2D eigenvalue weighted by Gasteiger charge is 2.24. The van der Waals surface area contributed by atoms with Gasteiger partial charge in [-0.05, 0) is 60.2 Å². The summed E-state index contributed by atoms with van der Waals surface area (Å²) in [7, 11) is 1.56. The van der Waals surface area contributed by atoms with E-state index in [2.05, 4.69) is 10.3 Å². The van der Waals surface area contributed by atoms with Crippen LogP contribution in [0, 0.1) is 6.92 Å². The second kappa shape index (κ2) is 7.52. The van der Waals surface area contributed by atoms with Gasteiger partial charge in [0.15, 0.2) is 5.17 Å². The van der Waals surface area contributed by atoms with Gasteiger partial charge in [0.2, 0.25) is 0 Å². The van der Waals surface area contributed by atoms with Crippen molar-refractivity contribution in [3.63, 3.8) is 0 Å². The number of aliphatic imine (C=N–C) groups is 1. The lowest BCUT2D eigenvalue weighted by molar-refractivity contribution is -0.115. The van der Waals surface area contributed by atoms with Crippen molar-refractivity contribution < 1.29 is 9.53 Å². The number of rotatable bonds is 3. The fourth-order valence-electron chi connectivity index (χ4n) is 2.22. The van der Waals surface area contributed by atoms with Crippen molar-refractivity contribution in [3.8, 4) is 5.75 Å². The van der Waals surface area contributed by atoms with E-state index in [-0.39, 0.29) is 5.91 Å². The maximum atomic E-state index is 12.2. The van der Waals surface area contributed by atoms with Crippen molar-refractivity contribution in [2.45, 2.75) is 6.92 Å². The lowest BCUT2D eigenvalue weighted by Crippen LogP contribution is -2.19. The maximum Gasteiger partial charge on any atom is 0.264 e. The van der Waals surface area contributed by atoms with Gasteiger partial charge in [0.25, 0.3) is 5.91 Å². The lowest BCUT2D eigenvalue weighted by Gasteiger charge is -2.03. The van der Waals surface area contributed by atoms with Crippen LogP contribution in [0.3, 0.4) is 0 Å². The summed E-state index contributed by atoms with van der Waals surface area (Å²) in [6.45, 7) is 1.94. The van der Waals surface area contributed by atoms with Crippen LogP contribution in [0.2, 0.25) is 10.0 Å². The summed E-state index contributed by atoms with van der Waals surface area (Å²) in [6.07, 6.45) is 1.76. The number of amides is 1. The minimum Gasteiger partial charge on any atom is -0.495 e. The van der Waals surface area contributed by atoms with E-state index in [0.717, 1.165) is 16.8 Å². The molecular formula is C18H14Cl2N2O2S. The van der Waals surface area contributed by atoms with E-state index in [4.69, 9.17) is 27.9 Å². The summed E-state index contributed by atoms with van der Waals surface area (Å²) in [5, 5.41) is 4.37. The molecule has 1 aliphatic heterocycles. The molecule has 25 heavy (non-hydrogen) atoms. The predicted octanol–water partition coefficient (Wildman–Crippen LogP) is 5.20. The Kier molecular flexibility index (Phi) is 5.37. The smallest absolute Gasteiger partial charge is 0.264 e. The summed E-state index contributed by atoms with van der Waals surface area (Å²) < 4.78 is 5.13. The summed E-state index contributed by atoms with van der Waals surface area (Å²) >= 11 is 13.4. The molecule has 0 unspecified atom stereocenters. The number of nitrogens with one attached hydrogen (secondary N) is 1. The molecule has 1 amide bonds. The van der Waals surface area contributed by atoms with Gasteiger partial charge in [-0.15, -0.1) is 0 Å². The average molecular weight is 393 g/mol. The largest absolute Gasteiger partial charge is 0.495 e. The molecule has 1 aliphatic rings. The molecule has 1 heterocycles. The summed E-state index contributed by atoms with van der Waals surface area (Å²) in [6, 6.07) is 10.8. The third-order valence-electron chi connectivity index (χ3n) is 3.52. The van der Waals surface area contributed by atoms with Gasteiger partial charge in [-0.2, -0.15) is 0 Å². The number of hydrogen-bond donors (Lipinski definition) is 1. The number of methoxy groups -OCH3 is 1. The van der Waals surface area contributed by atoms with Crippen LogP contribution in [0.4, 0.5) is 5.69 Å². The third kappa shape index (κ3) is 4.18. The molecule has 3 rings (SSSR count). The Balaban J connectivity index is 1.86. The number of thioether (sulfide) groups is 1. The highest BCUT2D eigenvalue weighted by Crippen LogP contribution is 2.32. The van der Waals surface area contributed by atoms with Crippen LogP contribution in [0.15, 0.2) is 46.3 Å². The van der Waals surface area contributed by atoms with Crippen LogP contribution < -0.4 is 10.1 Å². The van der Waals surface area contributed by atoms with Crippen LogP contribution in [-0.4, -0.2) is 18.2 Å². The molecule has 0 radical (unpaired) electrons. The van der Waals surface area contributed by atoms with Crippen LogP contribution in [0.5, 0.6) is 5.75 Å². The van der Waals surface area contributed by atoms with Crippen molar-refractivity contribution in [1.29, 1.82) is 0 Å². The molecule has 0 aliphatic carbocycles. The molecular weight excluding hydrogens is 379 g/mol. The second-order valence-corrected chi connectivity index (χ2v) is 7.18. The van der Waals surface area contributed by atoms with Crippen LogP contribution in [-0.2, 0) is 4.79 Å². The van der Waals surface area contributed by atoms with Crippen molar-refractivity contribution in [2.75, 3.05) is 7.11 Å². The Bertz CT molecular complexity index is 910. The van der Waals surface area contributed by atoms with E-state index in [1.165, 1.54) is 11.8 Å². The Morgan fingerprint density at radius 3 is 2.72 bits per heavy atom. The zero-order valence-corrected chi connectivity index (χ0v) is 15.8. The van der Waals surface area contributed by atoms with Gasteiger partial charge in [0.05, 0.1) is 22.7 Å². The normalized spacial score (nSPS) is 17.2. The Hall–Kier alpha value is -1.95. The monoisotopic (exact) mass is 392 g/mol. The van der Waals surface area contributed by atoms with E-state index in [1.807, 2.05) is 19.1 Å². The third-order valence-corrected chi connectivity index (χ3v) is 4.96. The minimum absolute atomic E-state index is 0.199. The molecule has 1 fully saturated rings. The first-order valence-electron chi connectivity index (χ1n) is 7.35. The molecule has 0 atom stereocenters. The van der Waals surface area contributed by atoms with Crippen molar-refractivity contribution in [2.24, 2.45) is 4.99 Å². The van der Waals surface area contributed by atoms with Crippen LogP contribution in [0.25, 0.3) is 6.08 Å². The first-order chi connectivity index (χ1) is 12.0. The maximum absolute atomic E-state index is 12.2. The number of benzene rings is 2. The number of aryl methyl sites for hydroxylation is 1. The van der Waals surface area contributed by atoms with E-state index in [0.29, 0.717) is 25.9 Å². The number of nitrogens with zero attached hydrogens (tertiary/aromatic N) is 1. The summed E-state index contributed by atoms with van der Waals surface area (Å²) in [5.41, 5.74) is 2.51. The molecule has 1 N–H and O–H groups in total. The number of amidine groups is 1. The molecule has 0 spiro atoms. The minimum atomic E-state index is -0.199.